The van der Waals surface area contributed by atoms with E-state index in [1.807, 2.05) is 0 Å². The molecule has 0 radical (unpaired) electrons. The molecular formula is C78H48N6. The van der Waals surface area contributed by atoms with Gasteiger partial charge in [0.1, 0.15) is 0 Å². The van der Waals surface area contributed by atoms with E-state index in [1.54, 1.807) is 0 Å². The first-order chi connectivity index (χ1) is 41.7. The van der Waals surface area contributed by atoms with E-state index in [0.717, 1.165) is 67.2 Å². The van der Waals surface area contributed by atoms with Gasteiger partial charge in [-0.2, -0.15) is 0 Å². The molecule has 0 N–H and O–H groups in total. The van der Waals surface area contributed by atoms with Crippen LogP contribution in [0.5, 0.6) is 0 Å². The van der Waals surface area contributed by atoms with E-state index in [1.165, 1.54) is 97.7 Å². The van der Waals surface area contributed by atoms with Crippen molar-refractivity contribution in [2.75, 3.05) is 0 Å². The Hall–Kier alpha value is -11.3. The van der Waals surface area contributed by atoms with Crippen molar-refractivity contribution in [3.05, 3.63) is 291 Å². The molecule has 6 heteroatoms. The number of nitrogens with zero attached hydrogens (tertiary/aromatic N) is 6. The second-order valence-electron chi connectivity index (χ2n) is 22.4. The average Bonchev–Trinajstić information content (AvgIpc) is 1.75. The summed E-state index contributed by atoms with van der Waals surface area (Å²) < 4.78 is 14.9. The van der Waals surface area contributed by atoms with Crippen LogP contribution in [-0.2, 0) is 0 Å². The van der Waals surface area contributed by atoms with Gasteiger partial charge in [0.15, 0.2) is 0 Å². The van der Waals surface area contributed by atoms with Crippen LogP contribution < -0.4 is 0 Å². The van der Waals surface area contributed by atoms with Gasteiger partial charge in [0.25, 0.3) is 0 Å². The Kier molecular flexibility index (Phi) is 9.24. The summed E-state index contributed by atoms with van der Waals surface area (Å²) in [7, 11) is 0. The minimum Gasteiger partial charge on any atom is -0.309 e. The van der Waals surface area contributed by atoms with Crippen molar-refractivity contribution >= 4 is 131 Å². The lowest BCUT2D eigenvalue weighted by Crippen LogP contribution is -2.03. The van der Waals surface area contributed by atoms with Crippen molar-refractivity contribution in [3.63, 3.8) is 0 Å². The van der Waals surface area contributed by atoms with Gasteiger partial charge in [-0.05, 0) is 121 Å². The first kappa shape index (κ1) is 45.4. The summed E-state index contributed by atoms with van der Waals surface area (Å²) in [6.07, 6.45) is 0. The number of aromatic nitrogens is 6. The molecule has 6 aromatic heterocycles. The first-order valence-electron chi connectivity index (χ1n) is 28.9. The Morgan fingerprint density at radius 1 is 0.143 bits per heavy atom. The maximum absolute atomic E-state index is 2.53. The number of para-hydroxylation sites is 9. The largest absolute Gasteiger partial charge is 0.309 e. The van der Waals surface area contributed by atoms with Gasteiger partial charge in [0, 0.05) is 81.7 Å². The van der Waals surface area contributed by atoms with E-state index in [0.29, 0.717) is 0 Å². The molecule has 6 nitrogen and oxygen atoms in total. The predicted octanol–water partition coefficient (Wildman–Crippen LogP) is 20.3. The molecule has 13 aromatic carbocycles. The second-order valence-corrected chi connectivity index (χ2v) is 22.4. The normalized spacial score (nSPS) is 12.3. The maximum Gasteiger partial charge on any atom is 0.0641 e. The van der Waals surface area contributed by atoms with Crippen molar-refractivity contribution in [2.45, 2.75) is 0 Å². The van der Waals surface area contributed by atoms with Crippen molar-refractivity contribution in [2.24, 2.45) is 0 Å². The third-order valence-electron chi connectivity index (χ3n) is 18.1. The van der Waals surface area contributed by atoms with Gasteiger partial charge < -0.3 is 27.4 Å². The lowest BCUT2D eigenvalue weighted by Gasteiger charge is -2.17. The monoisotopic (exact) mass is 1070 g/mol. The van der Waals surface area contributed by atoms with Crippen LogP contribution in [0.4, 0.5) is 0 Å². The lowest BCUT2D eigenvalue weighted by atomic mass is 10.1. The fourth-order valence-corrected chi connectivity index (χ4v) is 14.8. The molecule has 0 saturated carbocycles. The second kappa shape index (κ2) is 17.1. The molecular weight excluding hydrogens is 1020 g/mol. The Morgan fingerprint density at radius 3 is 0.845 bits per heavy atom. The van der Waals surface area contributed by atoms with Gasteiger partial charge in [-0.25, -0.2) is 0 Å². The highest BCUT2D eigenvalue weighted by Crippen LogP contribution is 2.47. The van der Waals surface area contributed by atoms with Crippen LogP contribution in [0.25, 0.3) is 165 Å². The predicted molar refractivity (Wildman–Crippen MR) is 352 cm³/mol. The number of hydrogen-bond acceptors (Lipinski definition) is 0. The summed E-state index contributed by atoms with van der Waals surface area (Å²) in [6.45, 7) is 0. The zero-order chi connectivity index (χ0) is 54.7. The Morgan fingerprint density at radius 2 is 0.417 bits per heavy atom. The lowest BCUT2D eigenvalue weighted by molar-refractivity contribution is 1.10. The van der Waals surface area contributed by atoms with Crippen LogP contribution in [0.2, 0.25) is 0 Å². The summed E-state index contributed by atoms with van der Waals surface area (Å²) in [5.41, 5.74) is 20.6. The highest BCUT2D eigenvalue weighted by Gasteiger charge is 2.26. The SMILES string of the molecule is c1ccc(-n2c3ccccc3c3cc4c(cc32)c2ccccc2n4-c2cc(-n3c4ccccc4c4c5c6ccccc6n(-c6ccccc6)c5ccc43)cc(-n3c4ccccc4c4c3ccc3c5ccccc5n(-c5ccccc5)c34)c2)cc1. The minimum atomic E-state index is 1.07. The Labute approximate surface area is 480 Å². The van der Waals surface area contributed by atoms with Gasteiger partial charge in [-0.3, -0.25) is 0 Å². The molecule has 0 spiro atoms. The molecule has 6 heterocycles. The van der Waals surface area contributed by atoms with Gasteiger partial charge in [0.05, 0.1) is 83.3 Å². The number of rotatable bonds is 6. The molecule has 0 atom stereocenters. The summed E-state index contributed by atoms with van der Waals surface area (Å²) >= 11 is 0. The van der Waals surface area contributed by atoms with Crippen LogP contribution in [0, 0.1) is 0 Å². The average molecular weight is 1070 g/mol. The van der Waals surface area contributed by atoms with E-state index >= 15 is 0 Å². The fraction of sp³-hybridized carbons (Fsp3) is 0. The van der Waals surface area contributed by atoms with Gasteiger partial charge in [-0.15, -0.1) is 0 Å². The van der Waals surface area contributed by atoms with E-state index in [9.17, 15) is 0 Å². The molecule has 0 aliphatic carbocycles. The van der Waals surface area contributed by atoms with Gasteiger partial charge in [0.2, 0.25) is 0 Å². The Bertz CT molecular complexity index is 5900. The molecule has 19 aromatic rings. The van der Waals surface area contributed by atoms with E-state index < -0.39 is 0 Å². The summed E-state index contributed by atoms with van der Waals surface area (Å²) in [5.74, 6) is 0. The number of hydrogen-bond donors (Lipinski definition) is 0. The molecule has 0 aliphatic heterocycles. The zero-order valence-electron chi connectivity index (χ0n) is 45.4. The number of benzene rings is 13. The van der Waals surface area contributed by atoms with Crippen molar-refractivity contribution in [1.82, 2.24) is 27.4 Å². The van der Waals surface area contributed by atoms with Crippen molar-refractivity contribution in [1.29, 1.82) is 0 Å². The van der Waals surface area contributed by atoms with E-state index in [4.69, 9.17) is 0 Å². The standard InChI is InChI=1S/C78H48N6/c1-4-22-49(23-5-1)79-67-37-19-13-31-59(67)75-70(79)42-43-71-76(75)60-32-14-20-38-68(60)81(71)52-44-53(82-69-39-21-15-33-61(69)77-72(82)41-40-58-55-28-10-18-36-66(55)84(78(58)77)51-26-8-3-9-27-51)46-54(45-52)83-65-35-17-12-30-57(65)63-47-73-62(48-74(63)83)56-29-11-16-34-64(56)80(73)50-24-6-2-7-25-50/h1-48H. The van der Waals surface area contributed by atoms with Crippen LogP contribution in [0.3, 0.4) is 0 Å². The maximum atomic E-state index is 2.53. The molecule has 19 rings (SSSR count). The van der Waals surface area contributed by atoms with Crippen LogP contribution in [0.1, 0.15) is 0 Å². The summed E-state index contributed by atoms with van der Waals surface area (Å²) in [4.78, 5) is 0. The zero-order valence-corrected chi connectivity index (χ0v) is 45.4. The van der Waals surface area contributed by atoms with Crippen LogP contribution in [-0.4, -0.2) is 27.4 Å². The van der Waals surface area contributed by atoms with E-state index in [-0.39, 0.29) is 0 Å². The molecule has 0 amide bonds. The minimum absolute atomic E-state index is 1.07. The molecule has 0 bridgehead atoms. The van der Waals surface area contributed by atoms with Crippen molar-refractivity contribution < 1.29 is 0 Å². The summed E-state index contributed by atoms with van der Waals surface area (Å²) in [6, 6.07) is 108. The van der Waals surface area contributed by atoms with Gasteiger partial charge >= 0.3 is 0 Å². The highest BCUT2D eigenvalue weighted by atomic mass is 15.1. The molecule has 0 fully saturated rings. The van der Waals surface area contributed by atoms with E-state index in [2.05, 4.69) is 319 Å². The summed E-state index contributed by atoms with van der Waals surface area (Å²) in [5, 5.41) is 14.7. The molecule has 0 saturated heterocycles. The van der Waals surface area contributed by atoms with Gasteiger partial charge in [-0.1, -0.05) is 170 Å². The Balaban J connectivity index is 0.963. The molecule has 0 aliphatic rings. The molecule has 0 unspecified atom stereocenters. The number of fused-ring (bicyclic) bond motifs is 20. The first-order valence-corrected chi connectivity index (χ1v) is 28.9. The third kappa shape index (κ3) is 6.12. The molecule has 84 heavy (non-hydrogen) atoms. The quantitative estimate of drug-likeness (QED) is 0.159. The van der Waals surface area contributed by atoms with Crippen LogP contribution in [0.15, 0.2) is 291 Å². The van der Waals surface area contributed by atoms with Crippen LogP contribution >= 0.6 is 0 Å². The smallest absolute Gasteiger partial charge is 0.0641 e. The highest BCUT2D eigenvalue weighted by molar-refractivity contribution is 6.30. The fourth-order valence-electron chi connectivity index (χ4n) is 14.8. The topological polar surface area (TPSA) is 29.6 Å². The van der Waals surface area contributed by atoms with Crippen molar-refractivity contribution in [3.8, 4) is 34.1 Å². The third-order valence-corrected chi connectivity index (χ3v) is 18.1. The molecule has 390 valence electrons.